The van der Waals surface area contributed by atoms with Gasteiger partial charge in [0.15, 0.2) is 0 Å². The van der Waals surface area contributed by atoms with Gasteiger partial charge in [-0.05, 0) is 24.3 Å². The number of fused-ring (bicyclic) bond motifs is 1. The van der Waals surface area contributed by atoms with E-state index in [1.54, 1.807) is 0 Å². The molecule has 1 aromatic heterocycles. The number of nitrogens with zero attached hydrogens (tertiary/aromatic N) is 2. The van der Waals surface area contributed by atoms with Crippen molar-refractivity contribution < 1.29 is 0 Å². The Labute approximate surface area is 71.9 Å². The molecule has 0 fully saturated rings. The number of aryl methyl sites for hydroxylation is 1. The average molecular weight is 163 g/mol. The summed E-state index contributed by atoms with van der Waals surface area (Å²) in [6.45, 7) is 4.47. The molecular formula is C9H13N3. The number of aromatic amines is 1. The van der Waals surface area contributed by atoms with Crippen molar-refractivity contribution in [2.45, 2.75) is 26.7 Å². The Kier molecular flexibility index (Phi) is 1.53. The minimum atomic E-state index is 0.287. The Hall–Kier alpha value is -1.12. The van der Waals surface area contributed by atoms with E-state index in [0.29, 0.717) is 0 Å². The summed E-state index contributed by atoms with van der Waals surface area (Å²) < 4.78 is 0. The highest BCUT2D eigenvalue weighted by Gasteiger charge is 2.19. The third-order valence-corrected chi connectivity index (χ3v) is 2.35. The fraction of sp³-hybridized carbons (Fsp3) is 0.556. The first-order valence-corrected chi connectivity index (χ1v) is 4.26. The Morgan fingerprint density at radius 1 is 1.42 bits per heavy atom. The molecule has 2 rings (SSSR count). The summed E-state index contributed by atoms with van der Waals surface area (Å²) in [6.07, 6.45) is 6.43. The predicted octanol–water partition coefficient (Wildman–Crippen LogP) is 1.79. The van der Waals surface area contributed by atoms with Gasteiger partial charge in [-0.1, -0.05) is 19.9 Å². The number of hydrogen-bond acceptors (Lipinski definition) is 2. The molecule has 1 N–H and O–H groups in total. The fourth-order valence-corrected chi connectivity index (χ4v) is 1.41. The largest absolute Gasteiger partial charge is 0.197 e. The molecule has 0 atom stereocenters. The van der Waals surface area contributed by atoms with Crippen LogP contribution in [0.4, 0.5) is 0 Å². The molecule has 0 bridgehead atoms. The van der Waals surface area contributed by atoms with Crippen molar-refractivity contribution in [3.8, 4) is 0 Å². The molecule has 3 nitrogen and oxygen atoms in total. The number of aromatic nitrogens is 3. The van der Waals surface area contributed by atoms with Gasteiger partial charge in [-0.15, -0.1) is 0 Å². The number of H-pyrrole nitrogens is 1. The van der Waals surface area contributed by atoms with E-state index < -0.39 is 0 Å². The third-order valence-electron chi connectivity index (χ3n) is 2.35. The van der Waals surface area contributed by atoms with Crippen LogP contribution in [0.15, 0.2) is 6.08 Å². The van der Waals surface area contributed by atoms with Crippen LogP contribution in [0.1, 0.15) is 31.7 Å². The minimum Gasteiger partial charge on any atom is -0.197 e. The lowest BCUT2D eigenvalue weighted by Crippen LogP contribution is -2.07. The van der Waals surface area contributed by atoms with Crippen LogP contribution in [0.2, 0.25) is 0 Å². The molecule has 12 heavy (non-hydrogen) atoms. The SMILES string of the molecule is CC1(C)C=Cc2n[nH]nc2CC1. The molecule has 1 heterocycles. The minimum absolute atomic E-state index is 0.287. The zero-order chi connectivity index (χ0) is 8.60. The van der Waals surface area contributed by atoms with Crippen LogP contribution in [0.5, 0.6) is 0 Å². The van der Waals surface area contributed by atoms with Gasteiger partial charge in [-0.2, -0.15) is 15.4 Å². The van der Waals surface area contributed by atoms with Gasteiger partial charge in [0.1, 0.15) is 5.69 Å². The highest BCUT2D eigenvalue weighted by Crippen LogP contribution is 2.28. The molecular weight excluding hydrogens is 150 g/mol. The maximum absolute atomic E-state index is 4.09. The lowest BCUT2D eigenvalue weighted by atomic mass is 9.88. The molecule has 0 aromatic carbocycles. The summed E-state index contributed by atoms with van der Waals surface area (Å²) in [5.74, 6) is 0. The van der Waals surface area contributed by atoms with Crippen LogP contribution in [-0.4, -0.2) is 15.4 Å². The third kappa shape index (κ3) is 1.26. The van der Waals surface area contributed by atoms with Gasteiger partial charge in [0.2, 0.25) is 0 Å². The summed E-state index contributed by atoms with van der Waals surface area (Å²) in [5.41, 5.74) is 2.38. The summed E-state index contributed by atoms with van der Waals surface area (Å²) in [6, 6.07) is 0. The molecule has 0 radical (unpaired) electrons. The Morgan fingerprint density at radius 2 is 2.25 bits per heavy atom. The molecule has 0 saturated heterocycles. The van der Waals surface area contributed by atoms with Gasteiger partial charge in [-0.3, -0.25) is 0 Å². The topological polar surface area (TPSA) is 41.6 Å². The summed E-state index contributed by atoms with van der Waals surface area (Å²) in [7, 11) is 0. The first-order valence-electron chi connectivity index (χ1n) is 4.26. The van der Waals surface area contributed by atoms with E-state index in [2.05, 4.69) is 41.4 Å². The number of nitrogens with one attached hydrogen (secondary N) is 1. The second-order valence-electron chi connectivity index (χ2n) is 3.98. The molecule has 0 unspecified atom stereocenters. The van der Waals surface area contributed by atoms with Crippen LogP contribution < -0.4 is 0 Å². The summed E-state index contributed by atoms with van der Waals surface area (Å²) in [4.78, 5) is 0. The summed E-state index contributed by atoms with van der Waals surface area (Å²) in [5, 5.41) is 10.8. The van der Waals surface area contributed by atoms with Crippen molar-refractivity contribution in [3.05, 3.63) is 17.5 Å². The summed E-state index contributed by atoms with van der Waals surface area (Å²) >= 11 is 0. The van der Waals surface area contributed by atoms with E-state index in [1.165, 1.54) is 0 Å². The Bertz CT molecular complexity index is 309. The molecule has 0 spiro atoms. The molecule has 0 saturated carbocycles. The zero-order valence-corrected chi connectivity index (χ0v) is 7.46. The molecule has 64 valence electrons. The van der Waals surface area contributed by atoms with E-state index in [1.807, 2.05) is 0 Å². The first kappa shape index (κ1) is 7.53. The van der Waals surface area contributed by atoms with Gasteiger partial charge in [0.05, 0.1) is 5.69 Å². The second-order valence-corrected chi connectivity index (χ2v) is 3.98. The molecule has 1 aliphatic carbocycles. The van der Waals surface area contributed by atoms with E-state index >= 15 is 0 Å². The number of hydrogen-bond donors (Lipinski definition) is 1. The maximum Gasteiger partial charge on any atom is 0.108 e. The van der Waals surface area contributed by atoms with Crippen LogP contribution in [0, 0.1) is 5.41 Å². The van der Waals surface area contributed by atoms with Crippen LogP contribution in [-0.2, 0) is 6.42 Å². The van der Waals surface area contributed by atoms with E-state index in [-0.39, 0.29) is 5.41 Å². The lowest BCUT2D eigenvalue weighted by Gasteiger charge is -2.17. The molecule has 0 aliphatic heterocycles. The monoisotopic (exact) mass is 163 g/mol. The van der Waals surface area contributed by atoms with Crippen molar-refractivity contribution in [3.63, 3.8) is 0 Å². The first-order chi connectivity index (χ1) is 5.67. The quantitative estimate of drug-likeness (QED) is 0.633. The molecule has 1 aliphatic rings. The van der Waals surface area contributed by atoms with Crippen molar-refractivity contribution in [2.75, 3.05) is 0 Å². The van der Waals surface area contributed by atoms with E-state index in [9.17, 15) is 0 Å². The van der Waals surface area contributed by atoms with Crippen LogP contribution >= 0.6 is 0 Å². The van der Waals surface area contributed by atoms with E-state index in [4.69, 9.17) is 0 Å². The van der Waals surface area contributed by atoms with Crippen LogP contribution in [0.25, 0.3) is 6.08 Å². The Balaban J connectivity index is 2.36. The zero-order valence-electron chi connectivity index (χ0n) is 7.46. The van der Waals surface area contributed by atoms with Crippen molar-refractivity contribution in [2.24, 2.45) is 5.41 Å². The normalized spacial score (nSPS) is 20.2. The second kappa shape index (κ2) is 2.44. The highest BCUT2D eigenvalue weighted by atomic mass is 15.3. The van der Waals surface area contributed by atoms with Crippen molar-refractivity contribution in [1.82, 2.24) is 15.4 Å². The standard InChI is InChI=1S/C9H13N3/c1-9(2)5-3-7-8(4-6-9)11-12-10-7/h3,5H,4,6H2,1-2H3,(H,10,11,12). The van der Waals surface area contributed by atoms with Gasteiger partial charge < -0.3 is 0 Å². The highest BCUT2D eigenvalue weighted by molar-refractivity contribution is 5.48. The fourth-order valence-electron chi connectivity index (χ4n) is 1.41. The van der Waals surface area contributed by atoms with Crippen molar-refractivity contribution >= 4 is 6.08 Å². The number of rotatable bonds is 0. The molecule has 0 amide bonds. The predicted molar refractivity (Wildman–Crippen MR) is 47.5 cm³/mol. The molecule has 3 heteroatoms. The Morgan fingerprint density at radius 3 is 3.08 bits per heavy atom. The molecule has 1 aromatic rings. The maximum atomic E-state index is 4.09. The van der Waals surface area contributed by atoms with Gasteiger partial charge in [0.25, 0.3) is 0 Å². The smallest absolute Gasteiger partial charge is 0.108 e. The van der Waals surface area contributed by atoms with Crippen LogP contribution in [0.3, 0.4) is 0 Å². The van der Waals surface area contributed by atoms with Gasteiger partial charge in [0, 0.05) is 0 Å². The lowest BCUT2D eigenvalue weighted by molar-refractivity contribution is 0.440. The van der Waals surface area contributed by atoms with Gasteiger partial charge >= 0.3 is 0 Å². The average Bonchev–Trinajstić information content (AvgIpc) is 2.40. The van der Waals surface area contributed by atoms with Crippen molar-refractivity contribution in [1.29, 1.82) is 0 Å². The van der Waals surface area contributed by atoms with E-state index in [0.717, 1.165) is 24.2 Å². The van der Waals surface area contributed by atoms with Gasteiger partial charge in [-0.25, -0.2) is 0 Å². The number of allylic oxidation sites excluding steroid dienone is 1.